The first-order valence-electron chi connectivity index (χ1n) is 10.2. The molecule has 29 heavy (non-hydrogen) atoms. The Kier molecular flexibility index (Phi) is 7.04. The second-order valence-corrected chi connectivity index (χ2v) is 7.86. The Morgan fingerprint density at radius 3 is 1.86 bits per heavy atom. The van der Waals surface area contributed by atoms with Gasteiger partial charge >= 0.3 is 5.97 Å². The summed E-state index contributed by atoms with van der Waals surface area (Å²) < 4.78 is 5.01. The van der Waals surface area contributed by atoms with E-state index in [1.807, 2.05) is 12.1 Å². The van der Waals surface area contributed by atoms with Crippen LogP contribution in [0.1, 0.15) is 43.7 Å². The molecule has 0 bridgehead atoms. The molecule has 0 atom stereocenters. The largest absolute Gasteiger partial charge is 0.467 e. The molecular formula is C24H30N2O3. The van der Waals surface area contributed by atoms with Crippen LogP contribution in [0.5, 0.6) is 0 Å². The number of hydrogen-bond acceptors (Lipinski definition) is 4. The van der Waals surface area contributed by atoms with Crippen LogP contribution < -0.4 is 5.32 Å². The van der Waals surface area contributed by atoms with E-state index in [2.05, 4.69) is 58.7 Å². The number of methoxy groups -OCH3 is 1. The summed E-state index contributed by atoms with van der Waals surface area (Å²) in [7, 11) is 1.38. The minimum atomic E-state index is -0.901. The summed E-state index contributed by atoms with van der Waals surface area (Å²) in [5.74, 6) is -0.539. The third-order valence-electron chi connectivity index (χ3n) is 5.77. The Bertz CT molecular complexity index is 758. The van der Waals surface area contributed by atoms with E-state index in [4.69, 9.17) is 4.74 Å². The monoisotopic (exact) mass is 394 g/mol. The van der Waals surface area contributed by atoms with Crippen LogP contribution in [-0.2, 0) is 27.4 Å². The fraction of sp³-hybridized carbons (Fsp3) is 0.417. The Hall–Kier alpha value is -2.66. The van der Waals surface area contributed by atoms with Crippen molar-refractivity contribution in [1.29, 1.82) is 0 Å². The molecule has 0 spiro atoms. The average molecular weight is 395 g/mol. The van der Waals surface area contributed by atoms with Crippen molar-refractivity contribution in [3.05, 3.63) is 71.8 Å². The Balaban J connectivity index is 1.76. The van der Waals surface area contributed by atoms with Gasteiger partial charge in [-0.05, 0) is 36.8 Å². The smallest absolute Gasteiger partial charge is 0.331 e. The number of amides is 1. The maximum Gasteiger partial charge on any atom is 0.331 e. The summed E-state index contributed by atoms with van der Waals surface area (Å²) in [5, 5.41) is 2.87. The molecule has 2 aromatic carbocycles. The highest BCUT2D eigenvalue weighted by molar-refractivity contribution is 5.87. The summed E-state index contributed by atoms with van der Waals surface area (Å²) in [4.78, 5) is 26.6. The van der Waals surface area contributed by atoms with Gasteiger partial charge in [-0.1, -0.05) is 60.7 Å². The Morgan fingerprint density at radius 1 is 0.966 bits per heavy atom. The van der Waals surface area contributed by atoms with Gasteiger partial charge in [-0.2, -0.15) is 0 Å². The van der Waals surface area contributed by atoms with Gasteiger partial charge in [-0.15, -0.1) is 0 Å². The second-order valence-electron chi connectivity index (χ2n) is 7.86. The lowest BCUT2D eigenvalue weighted by Gasteiger charge is -2.42. The highest BCUT2D eigenvalue weighted by Crippen LogP contribution is 2.33. The zero-order valence-corrected chi connectivity index (χ0v) is 17.3. The molecule has 1 N–H and O–H groups in total. The van der Waals surface area contributed by atoms with Crippen LogP contribution in [-0.4, -0.2) is 35.5 Å². The van der Waals surface area contributed by atoms with Gasteiger partial charge < -0.3 is 10.1 Å². The van der Waals surface area contributed by atoms with E-state index >= 15 is 0 Å². The Labute approximate surface area is 173 Å². The van der Waals surface area contributed by atoms with E-state index in [0.717, 1.165) is 25.9 Å². The van der Waals surface area contributed by atoms with E-state index < -0.39 is 5.54 Å². The van der Waals surface area contributed by atoms with Crippen LogP contribution in [0.2, 0.25) is 0 Å². The molecule has 5 nitrogen and oxygen atoms in total. The minimum Gasteiger partial charge on any atom is -0.467 e. The number of nitrogens with zero attached hydrogens (tertiary/aromatic N) is 1. The molecule has 0 radical (unpaired) electrons. The normalized spacial score (nSPS) is 21.6. The highest BCUT2D eigenvalue weighted by atomic mass is 16.5. The van der Waals surface area contributed by atoms with Crippen LogP contribution in [0.15, 0.2) is 60.7 Å². The number of esters is 1. The molecule has 1 aliphatic carbocycles. The van der Waals surface area contributed by atoms with Crippen molar-refractivity contribution < 1.29 is 14.3 Å². The molecule has 5 heteroatoms. The molecule has 0 aromatic heterocycles. The average Bonchev–Trinajstić information content (AvgIpc) is 2.74. The number of ether oxygens (including phenoxy) is 1. The van der Waals surface area contributed by atoms with Gasteiger partial charge in [0.1, 0.15) is 5.54 Å². The van der Waals surface area contributed by atoms with Crippen LogP contribution in [0.3, 0.4) is 0 Å². The predicted molar refractivity (Wildman–Crippen MR) is 113 cm³/mol. The predicted octanol–water partition coefficient (Wildman–Crippen LogP) is 3.68. The van der Waals surface area contributed by atoms with Crippen LogP contribution in [0.25, 0.3) is 0 Å². The molecular weight excluding hydrogens is 364 g/mol. The van der Waals surface area contributed by atoms with Crippen molar-refractivity contribution in [2.24, 2.45) is 0 Å². The van der Waals surface area contributed by atoms with E-state index in [1.165, 1.54) is 25.2 Å². The molecule has 0 heterocycles. The SMILES string of the molecule is COC(=O)C1(NC(C)=O)CCC(N(Cc2ccccc2)Cc2ccccc2)CC1. The quantitative estimate of drug-likeness (QED) is 0.728. The van der Waals surface area contributed by atoms with E-state index in [1.54, 1.807) is 0 Å². The van der Waals surface area contributed by atoms with E-state index in [9.17, 15) is 9.59 Å². The summed E-state index contributed by atoms with van der Waals surface area (Å²) in [6, 6.07) is 21.3. The van der Waals surface area contributed by atoms with Crippen LogP contribution in [0, 0.1) is 0 Å². The van der Waals surface area contributed by atoms with Gasteiger partial charge in [-0.3, -0.25) is 9.69 Å². The van der Waals surface area contributed by atoms with Gasteiger partial charge in [0, 0.05) is 26.1 Å². The Morgan fingerprint density at radius 2 is 1.45 bits per heavy atom. The lowest BCUT2D eigenvalue weighted by atomic mass is 9.78. The van der Waals surface area contributed by atoms with Gasteiger partial charge in [-0.25, -0.2) is 4.79 Å². The second kappa shape index (κ2) is 9.70. The molecule has 1 aliphatic rings. The van der Waals surface area contributed by atoms with Crippen LogP contribution >= 0.6 is 0 Å². The summed E-state index contributed by atoms with van der Waals surface area (Å²) >= 11 is 0. The lowest BCUT2D eigenvalue weighted by Crippen LogP contribution is -2.58. The van der Waals surface area contributed by atoms with Crippen LogP contribution in [0.4, 0.5) is 0 Å². The topological polar surface area (TPSA) is 58.6 Å². The van der Waals surface area contributed by atoms with Gasteiger partial charge in [0.2, 0.25) is 5.91 Å². The first-order valence-corrected chi connectivity index (χ1v) is 10.2. The van der Waals surface area contributed by atoms with Crippen molar-refractivity contribution >= 4 is 11.9 Å². The summed E-state index contributed by atoms with van der Waals surface area (Å²) in [6.45, 7) is 3.16. The number of carbonyl (C=O) groups is 2. The molecule has 1 fully saturated rings. The molecule has 0 aliphatic heterocycles. The number of hydrogen-bond donors (Lipinski definition) is 1. The van der Waals surface area contributed by atoms with Crippen molar-refractivity contribution in [1.82, 2.24) is 10.2 Å². The fourth-order valence-electron chi connectivity index (χ4n) is 4.32. The molecule has 0 unspecified atom stereocenters. The number of benzene rings is 2. The highest BCUT2D eigenvalue weighted by Gasteiger charge is 2.44. The molecule has 1 saturated carbocycles. The molecule has 154 valence electrons. The first-order chi connectivity index (χ1) is 14.0. The van der Waals surface area contributed by atoms with Gasteiger partial charge in [0.25, 0.3) is 0 Å². The van der Waals surface area contributed by atoms with E-state index in [0.29, 0.717) is 18.9 Å². The van der Waals surface area contributed by atoms with Crippen molar-refractivity contribution in [2.45, 2.75) is 57.3 Å². The third-order valence-corrected chi connectivity index (χ3v) is 5.77. The first kappa shape index (κ1) is 21.1. The fourth-order valence-corrected chi connectivity index (χ4v) is 4.32. The van der Waals surface area contributed by atoms with Gasteiger partial charge in [0.05, 0.1) is 7.11 Å². The zero-order chi connectivity index (χ0) is 20.7. The minimum absolute atomic E-state index is 0.195. The standard InChI is InChI=1S/C24H30N2O3/c1-19(27)25-24(23(28)29-2)15-13-22(14-16-24)26(17-20-9-5-3-6-10-20)18-21-11-7-4-8-12-21/h3-12,22H,13-18H2,1-2H3,(H,25,27). The third kappa shape index (κ3) is 5.45. The number of carbonyl (C=O) groups excluding carboxylic acids is 2. The van der Waals surface area contributed by atoms with Gasteiger partial charge in [0.15, 0.2) is 0 Å². The molecule has 0 saturated heterocycles. The maximum absolute atomic E-state index is 12.4. The van der Waals surface area contributed by atoms with Crippen molar-refractivity contribution in [3.8, 4) is 0 Å². The molecule has 3 rings (SSSR count). The summed E-state index contributed by atoms with van der Waals surface area (Å²) in [5.41, 5.74) is 1.65. The number of nitrogens with one attached hydrogen (secondary N) is 1. The van der Waals surface area contributed by atoms with Crippen molar-refractivity contribution in [3.63, 3.8) is 0 Å². The molecule has 1 amide bonds. The zero-order valence-electron chi connectivity index (χ0n) is 17.3. The van der Waals surface area contributed by atoms with Crippen molar-refractivity contribution in [2.75, 3.05) is 7.11 Å². The number of rotatable bonds is 7. The maximum atomic E-state index is 12.4. The molecule has 2 aromatic rings. The lowest BCUT2D eigenvalue weighted by molar-refractivity contribution is -0.153. The summed E-state index contributed by atoms with van der Waals surface area (Å²) in [6.07, 6.45) is 2.83. The van der Waals surface area contributed by atoms with E-state index in [-0.39, 0.29) is 11.9 Å².